The van der Waals surface area contributed by atoms with Gasteiger partial charge in [-0.2, -0.15) is 5.26 Å². The Morgan fingerprint density at radius 2 is 2.38 bits per heavy atom. The van der Waals surface area contributed by atoms with Crippen molar-refractivity contribution in [2.75, 3.05) is 0 Å². The van der Waals surface area contributed by atoms with E-state index in [0.29, 0.717) is 0 Å². The number of halogens is 2. The summed E-state index contributed by atoms with van der Waals surface area (Å²) < 4.78 is 15.8. The van der Waals surface area contributed by atoms with Crippen LogP contribution in [-0.4, -0.2) is 9.38 Å². The summed E-state index contributed by atoms with van der Waals surface area (Å²) >= 11 is 2.04. The van der Waals surface area contributed by atoms with Gasteiger partial charge in [0.15, 0.2) is 11.5 Å². The van der Waals surface area contributed by atoms with Crippen LogP contribution in [0.4, 0.5) is 4.39 Å². The van der Waals surface area contributed by atoms with Gasteiger partial charge in [0.05, 0.1) is 11.8 Å². The van der Waals surface area contributed by atoms with Gasteiger partial charge in [0.25, 0.3) is 0 Å². The van der Waals surface area contributed by atoms with E-state index in [-0.39, 0.29) is 11.2 Å². The Morgan fingerprint density at radius 1 is 1.62 bits per heavy atom. The second kappa shape index (κ2) is 2.96. The third-order valence-electron chi connectivity index (χ3n) is 1.70. The lowest BCUT2D eigenvalue weighted by atomic mass is 10.3. The largest absolute Gasteiger partial charge is 0.292 e. The van der Waals surface area contributed by atoms with Crippen LogP contribution in [0.3, 0.4) is 0 Å². The number of nitrogens with zero attached hydrogens (tertiary/aromatic N) is 3. The van der Waals surface area contributed by atoms with Crippen molar-refractivity contribution >= 4 is 28.2 Å². The minimum Gasteiger partial charge on any atom is -0.292 e. The molecule has 2 rings (SSSR count). The van der Waals surface area contributed by atoms with Crippen LogP contribution in [0.2, 0.25) is 0 Å². The maximum atomic E-state index is 13.4. The monoisotopic (exact) mass is 287 g/mol. The average Bonchev–Trinajstić information content (AvgIpc) is 2.50. The summed E-state index contributed by atoms with van der Waals surface area (Å²) in [4.78, 5) is 3.86. The molecule has 3 nitrogen and oxygen atoms in total. The Labute approximate surface area is 87.0 Å². The van der Waals surface area contributed by atoms with Crippen LogP contribution in [0.15, 0.2) is 18.5 Å². The average molecular weight is 287 g/mol. The van der Waals surface area contributed by atoms with Crippen LogP contribution in [0.25, 0.3) is 5.65 Å². The van der Waals surface area contributed by atoms with Gasteiger partial charge >= 0.3 is 0 Å². The van der Waals surface area contributed by atoms with Gasteiger partial charge in [0.2, 0.25) is 0 Å². The smallest absolute Gasteiger partial charge is 0.184 e. The third kappa shape index (κ3) is 1.18. The normalized spacial score (nSPS) is 10.2. The Kier molecular flexibility index (Phi) is 1.92. The molecule has 0 saturated heterocycles. The minimum atomic E-state index is -0.562. The molecule has 5 heteroatoms. The number of hydrogen-bond donors (Lipinski definition) is 0. The van der Waals surface area contributed by atoms with E-state index >= 15 is 0 Å². The zero-order valence-electron chi connectivity index (χ0n) is 6.33. The van der Waals surface area contributed by atoms with Crippen molar-refractivity contribution in [2.45, 2.75) is 0 Å². The van der Waals surface area contributed by atoms with E-state index in [1.54, 1.807) is 22.9 Å². The summed E-state index contributed by atoms with van der Waals surface area (Å²) in [5.41, 5.74) is 0.220. The first-order valence-electron chi connectivity index (χ1n) is 3.45. The molecule has 0 aliphatic heterocycles. The van der Waals surface area contributed by atoms with Crippen molar-refractivity contribution in [1.82, 2.24) is 9.38 Å². The molecule has 0 spiro atoms. The quantitative estimate of drug-likeness (QED) is 0.695. The lowest BCUT2D eigenvalue weighted by Gasteiger charge is -1.96. The van der Waals surface area contributed by atoms with E-state index in [2.05, 4.69) is 4.98 Å². The lowest BCUT2D eigenvalue weighted by molar-refractivity contribution is 0.625. The maximum Gasteiger partial charge on any atom is 0.184 e. The molecular formula is C8H3FIN3. The number of nitriles is 1. The third-order valence-corrected chi connectivity index (χ3v) is 2.49. The fraction of sp³-hybridized carbons (Fsp3) is 0. The summed E-state index contributed by atoms with van der Waals surface area (Å²) in [5, 5.41) is 8.56. The van der Waals surface area contributed by atoms with Crippen molar-refractivity contribution in [3.63, 3.8) is 0 Å². The van der Waals surface area contributed by atoms with Gasteiger partial charge < -0.3 is 0 Å². The molecule has 2 aromatic rings. The molecule has 0 unspecified atom stereocenters. The van der Waals surface area contributed by atoms with Crippen LogP contribution in [0, 0.1) is 20.8 Å². The summed E-state index contributed by atoms with van der Waals surface area (Å²) in [7, 11) is 0. The van der Waals surface area contributed by atoms with Gasteiger partial charge in [0.1, 0.15) is 9.77 Å². The summed E-state index contributed by atoms with van der Waals surface area (Å²) in [6.45, 7) is 0. The summed E-state index contributed by atoms with van der Waals surface area (Å²) in [5.74, 6) is -0.562. The molecule has 0 atom stereocenters. The molecule has 13 heavy (non-hydrogen) atoms. The highest BCUT2D eigenvalue weighted by molar-refractivity contribution is 14.1. The number of rotatable bonds is 0. The topological polar surface area (TPSA) is 41.1 Å². The van der Waals surface area contributed by atoms with E-state index in [0.717, 1.165) is 3.70 Å². The number of imidazole rings is 1. The van der Waals surface area contributed by atoms with Gasteiger partial charge in [-0.3, -0.25) is 4.40 Å². The first-order valence-corrected chi connectivity index (χ1v) is 4.53. The Balaban J connectivity index is 2.90. The van der Waals surface area contributed by atoms with Crippen molar-refractivity contribution in [3.8, 4) is 6.07 Å². The highest BCUT2D eigenvalue weighted by atomic mass is 127. The molecule has 0 N–H and O–H groups in total. The SMILES string of the molecule is N#Cc1ccn2c(I)cnc2c1F. The molecule has 64 valence electrons. The van der Waals surface area contributed by atoms with Crippen LogP contribution in [0.1, 0.15) is 5.56 Å². The van der Waals surface area contributed by atoms with Crippen molar-refractivity contribution in [2.24, 2.45) is 0 Å². The van der Waals surface area contributed by atoms with E-state index < -0.39 is 5.82 Å². The fourth-order valence-corrected chi connectivity index (χ4v) is 1.60. The lowest BCUT2D eigenvalue weighted by Crippen LogP contribution is -1.93. The Bertz CT molecular complexity index is 512. The summed E-state index contributed by atoms with van der Waals surface area (Å²) in [6.07, 6.45) is 3.19. The highest BCUT2D eigenvalue weighted by Gasteiger charge is 2.09. The van der Waals surface area contributed by atoms with Gasteiger partial charge in [-0.25, -0.2) is 9.37 Å². The zero-order valence-corrected chi connectivity index (χ0v) is 8.49. The van der Waals surface area contributed by atoms with Gasteiger partial charge in [-0.05, 0) is 28.7 Å². The van der Waals surface area contributed by atoms with Crippen LogP contribution < -0.4 is 0 Å². The number of fused-ring (bicyclic) bond motifs is 1. The van der Waals surface area contributed by atoms with Crippen molar-refractivity contribution in [3.05, 3.63) is 33.5 Å². The molecule has 0 aliphatic rings. The van der Waals surface area contributed by atoms with E-state index in [1.165, 1.54) is 6.07 Å². The molecule has 2 heterocycles. The second-order valence-electron chi connectivity index (χ2n) is 2.43. The van der Waals surface area contributed by atoms with E-state index in [9.17, 15) is 4.39 Å². The first-order chi connectivity index (χ1) is 6.24. The van der Waals surface area contributed by atoms with Gasteiger partial charge in [-0.15, -0.1) is 0 Å². The standard InChI is InChI=1S/C8H3FIN3/c9-7-5(3-11)1-2-13-6(10)4-12-8(7)13/h1-2,4H. The molecule has 0 radical (unpaired) electrons. The number of pyridine rings is 1. The van der Waals surface area contributed by atoms with Crippen LogP contribution in [-0.2, 0) is 0 Å². The molecule has 0 fully saturated rings. The second-order valence-corrected chi connectivity index (χ2v) is 3.53. The molecule has 0 bridgehead atoms. The van der Waals surface area contributed by atoms with Crippen molar-refractivity contribution in [1.29, 1.82) is 5.26 Å². The van der Waals surface area contributed by atoms with E-state index in [1.807, 2.05) is 22.6 Å². The molecular weight excluding hydrogens is 284 g/mol. The minimum absolute atomic E-state index is 0.0227. The molecule has 0 amide bonds. The first kappa shape index (κ1) is 8.44. The molecule has 2 aromatic heterocycles. The number of hydrogen-bond acceptors (Lipinski definition) is 2. The van der Waals surface area contributed by atoms with Gasteiger partial charge in [-0.1, -0.05) is 0 Å². The summed E-state index contributed by atoms with van der Waals surface area (Å²) in [6, 6.07) is 3.20. The van der Waals surface area contributed by atoms with Crippen molar-refractivity contribution < 1.29 is 4.39 Å². The fourth-order valence-electron chi connectivity index (χ4n) is 1.07. The Morgan fingerprint density at radius 3 is 3.08 bits per heavy atom. The predicted molar refractivity (Wildman–Crippen MR) is 52.6 cm³/mol. The van der Waals surface area contributed by atoms with Crippen LogP contribution in [0.5, 0.6) is 0 Å². The Hall–Kier alpha value is -1.16. The molecule has 0 saturated carbocycles. The molecule has 0 aliphatic carbocycles. The zero-order chi connectivity index (χ0) is 9.42. The van der Waals surface area contributed by atoms with Crippen LogP contribution >= 0.6 is 22.6 Å². The predicted octanol–water partition coefficient (Wildman–Crippen LogP) is 1.95. The maximum absolute atomic E-state index is 13.4. The number of aromatic nitrogens is 2. The van der Waals surface area contributed by atoms with E-state index in [4.69, 9.17) is 5.26 Å². The molecule has 0 aromatic carbocycles. The highest BCUT2D eigenvalue weighted by Crippen LogP contribution is 2.15. The van der Waals surface area contributed by atoms with Gasteiger partial charge in [0, 0.05) is 6.20 Å².